The Labute approximate surface area is 481 Å². The van der Waals surface area contributed by atoms with E-state index in [1.54, 1.807) is 6.07 Å². The SMILES string of the molecule is Fc1cc(F)c2c(c1)C/C1=C(\C3=C\C45C6=C=C7C=C(c8ccccc8-c8ccc-2[n+]7c8)C64c2cc(F)cc(F)c2-c2ccc(c[n+]25)-c2ccccc23)C2Cc3ccccc3-c3cc(-c4ccc(-c5ccccc5)cc4)c(c[n+]32)-c2ccccc21. The van der Waals surface area contributed by atoms with Gasteiger partial charge in [0.05, 0.1) is 22.3 Å². The highest BCUT2D eigenvalue weighted by Gasteiger charge is 2.86. The molecular formula is C77H44F4N3+3. The number of fused-ring (bicyclic) bond motifs is 20. The second kappa shape index (κ2) is 16.2. The van der Waals surface area contributed by atoms with Crippen LogP contribution < -0.4 is 13.7 Å². The summed E-state index contributed by atoms with van der Waals surface area (Å²) < 4.78 is 75.6. The van der Waals surface area contributed by atoms with Crippen LogP contribution in [0.15, 0.2) is 254 Å². The number of hydrogen-bond donors (Lipinski definition) is 0. The normalized spacial score (nSPS) is 20.8. The predicted molar refractivity (Wildman–Crippen MR) is 319 cm³/mol. The molecule has 2 aliphatic carbocycles. The molecule has 11 aromatic rings. The summed E-state index contributed by atoms with van der Waals surface area (Å²) in [6, 6.07) is 68.3. The van der Waals surface area contributed by atoms with Gasteiger partial charge in [-0.15, -0.1) is 0 Å². The standard InChI is InChI=1S/C77H44F4N3/c78-50-30-49-31-61-57-19-9-10-20-58(57)63-42-83-70(38-60(63)45-24-22-44(23-25-45)43-12-2-1-3-13-43)55-17-5-4-14-46(55)32-71(83)74(61)62-39-76-72-37-52-36-64(59-21-11-7-16-54(59)47-26-28-68(82(52)40-47)73(49)66(80)34-50)77(72,76)65-33-51(79)35-67(81)75(65)69-29-27-48(41-84(69)76)53-15-6-8-18-56(53)62/h1-30,33-36,38-42,71H,31-32H2/q+3/b62-39+,74-61-. The average Bonchev–Trinajstić information content (AvgIpc) is 1.44. The van der Waals surface area contributed by atoms with Gasteiger partial charge in [-0.05, 0) is 126 Å². The van der Waals surface area contributed by atoms with E-state index in [1.165, 1.54) is 6.07 Å². The van der Waals surface area contributed by atoms with Gasteiger partial charge in [0.2, 0.25) is 22.6 Å². The van der Waals surface area contributed by atoms with Crippen LogP contribution >= 0.6 is 0 Å². The second-order valence-corrected chi connectivity index (χ2v) is 23.5. The fourth-order valence-electron chi connectivity index (χ4n) is 16.2. The van der Waals surface area contributed by atoms with Gasteiger partial charge in [0.15, 0.2) is 24.6 Å². The maximum Gasteiger partial charge on any atom is 0.255 e. The van der Waals surface area contributed by atoms with Gasteiger partial charge in [-0.3, -0.25) is 0 Å². The first-order chi connectivity index (χ1) is 41.2. The van der Waals surface area contributed by atoms with Gasteiger partial charge in [-0.25, -0.2) is 17.6 Å². The van der Waals surface area contributed by atoms with Crippen molar-refractivity contribution in [2.45, 2.75) is 29.8 Å². The molecule has 84 heavy (non-hydrogen) atoms. The quantitative estimate of drug-likeness (QED) is 0.0929. The van der Waals surface area contributed by atoms with Gasteiger partial charge in [0, 0.05) is 76.7 Å². The minimum absolute atomic E-state index is 0.126. The zero-order valence-electron chi connectivity index (χ0n) is 44.9. The summed E-state index contributed by atoms with van der Waals surface area (Å²) >= 11 is 0. The molecule has 8 aliphatic rings. The average molecular weight is 1090 g/mol. The third kappa shape index (κ3) is 5.84. The first-order valence-electron chi connectivity index (χ1n) is 28.7. The molecule has 3 nitrogen and oxygen atoms in total. The molecule has 6 aliphatic heterocycles. The van der Waals surface area contributed by atoms with Crippen LogP contribution in [0, 0.1) is 23.3 Å². The van der Waals surface area contributed by atoms with Crippen LogP contribution in [0.2, 0.25) is 0 Å². The molecule has 19 rings (SSSR count). The number of aromatic nitrogens is 3. The van der Waals surface area contributed by atoms with Crippen LogP contribution in [0.1, 0.15) is 39.4 Å². The van der Waals surface area contributed by atoms with Crippen molar-refractivity contribution in [3.05, 3.63) is 311 Å². The van der Waals surface area contributed by atoms with E-state index in [1.807, 2.05) is 47.2 Å². The molecule has 0 saturated heterocycles. The molecule has 7 heteroatoms. The number of allylic oxidation sites excluding steroid dienone is 7. The fourth-order valence-corrected chi connectivity index (χ4v) is 16.2. The summed E-state index contributed by atoms with van der Waals surface area (Å²) in [4.78, 5) is 0. The lowest BCUT2D eigenvalue weighted by molar-refractivity contribution is -0.717. The Hall–Kier alpha value is -10.3. The first-order valence-corrected chi connectivity index (χ1v) is 28.7. The third-order valence-electron chi connectivity index (χ3n) is 19.6. The molecule has 1 fully saturated rings. The summed E-state index contributed by atoms with van der Waals surface area (Å²) in [6.45, 7) is 0. The molecule has 1 saturated carbocycles. The van der Waals surface area contributed by atoms with Crippen molar-refractivity contribution in [2.24, 2.45) is 0 Å². The lowest BCUT2D eigenvalue weighted by atomic mass is 9.70. The lowest BCUT2D eigenvalue weighted by Gasteiger charge is -2.35. The number of nitrogens with zero attached hydrogens (tertiary/aromatic N) is 3. The molecule has 0 radical (unpaired) electrons. The van der Waals surface area contributed by atoms with E-state index in [2.05, 4.69) is 185 Å². The third-order valence-corrected chi connectivity index (χ3v) is 19.6. The number of pyridine rings is 3. The van der Waals surface area contributed by atoms with Gasteiger partial charge in [-0.2, -0.15) is 13.7 Å². The Kier molecular flexibility index (Phi) is 8.94. The molecule has 2 spiro atoms. The summed E-state index contributed by atoms with van der Waals surface area (Å²) in [5.41, 5.74) is 25.6. The number of rotatable bonds is 2. The monoisotopic (exact) mass is 1090 g/mol. The Balaban J connectivity index is 1.01. The van der Waals surface area contributed by atoms with Crippen LogP contribution in [0.25, 0.3) is 112 Å². The van der Waals surface area contributed by atoms with E-state index in [0.717, 1.165) is 129 Å². The van der Waals surface area contributed by atoms with Crippen molar-refractivity contribution < 1.29 is 31.3 Å². The van der Waals surface area contributed by atoms with Crippen molar-refractivity contribution in [1.29, 1.82) is 0 Å². The fraction of sp³-hybridized carbons (Fsp3) is 0.0649. The molecule has 0 N–H and O–H groups in total. The highest BCUT2D eigenvalue weighted by atomic mass is 19.1. The molecule has 0 amide bonds. The van der Waals surface area contributed by atoms with E-state index in [9.17, 15) is 0 Å². The zero-order valence-corrected chi connectivity index (χ0v) is 44.9. The summed E-state index contributed by atoms with van der Waals surface area (Å²) in [7, 11) is 0. The Morgan fingerprint density at radius 3 is 1.87 bits per heavy atom. The molecule has 8 aromatic carbocycles. The number of hydrogen-bond acceptors (Lipinski definition) is 0. The number of benzene rings is 8. The molecule has 3 aromatic heterocycles. The summed E-state index contributed by atoms with van der Waals surface area (Å²) in [6.07, 6.45) is 11.8. The van der Waals surface area contributed by atoms with Gasteiger partial charge >= 0.3 is 0 Å². The maximum atomic E-state index is 17.9. The Bertz CT molecular complexity index is 5120. The van der Waals surface area contributed by atoms with Gasteiger partial charge in [0.25, 0.3) is 5.70 Å². The van der Waals surface area contributed by atoms with Crippen molar-refractivity contribution in [1.82, 2.24) is 0 Å². The van der Waals surface area contributed by atoms with Crippen LogP contribution in [-0.4, -0.2) is 0 Å². The van der Waals surface area contributed by atoms with Crippen molar-refractivity contribution in [3.63, 3.8) is 0 Å². The van der Waals surface area contributed by atoms with E-state index >= 15 is 17.6 Å². The Morgan fingerprint density at radius 2 is 1.07 bits per heavy atom. The highest BCUT2D eigenvalue weighted by Crippen LogP contribution is 2.77. The van der Waals surface area contributed by atoms with Crippen LogP contribution in [-0.2, 0) is 23.8 Å². The predicted octanol–water partition coefficient (Wildman–Crippen LogP) is 16.4. The minimum Gasteiger partial charge on any atom is -0.207 e. The van der Waals surface area contributed by atoms with Gasteiger partial charge in [0.1, 0.15) is 28.7 Å². The van der Waals surface area contributed by atoms with Gasteiger partial charge in [-0.1, -0.05) is 146 Å². The first kappa shape index (κ1) is 46.3. The van der Waals surface area contributed by atoms with Crippen molar-refractivity contribution in [2.75, 3.05) is 0 Å². The molecule has 3 unspecified atom stereocenters. The Morgan fingerprint density at radius 1 is 0.452 bits per heavy atom. The lowest BCUT2D eigenvalue weighted by Crippen LogP contribution is -2.55. The highest BCUT2D eigenvalue weighted by molar-refractivity contribution is 6.06. The van der Waals surface area contributed by atoms with E-state index in [4.69, 9.17) is 0 Å². The smallest absolute Gasteiger partial charge is 0.207 e. The minimum atomic E-state index is -1.21. The maximum absolute atomic E-state index is 17.9. The van der Waals surface area contributed by atoms with E-state index < -0.39 is 40.3 Å². The van der Waals surface area contributed by atoms with Gasteiger partial charge < -0.3 is 0 Å². The topological polar surface area (TPSA) is 11.6 Å². The van der Waals surface area contributed by atoms with Crippen molar-refractivity contribution in [3.8, 4) is 89.4 Å². The van der Waals surface area contributed by atoms with Crippen molar-refractivity contribution >= 4 is 22.4 Å². The number of halogens is 4. The summed E-state index contributed by atoms with van der Waals surface area (Å²) in [5, 5.41) is 0. The molecule has 392 valence electrons. The van der Waals surface area contributed by atoms with E-state index in [-0.39, 0.29) is 12.0 Å². The van der Waals surface area contributed by atoms with Crippen LogP contribution in [0.4, 0.5) is 17.6 Å². The zero-order chi connectivity index (χ0) is 55.5. The molecule has 11 bridgehead atoms. The second-order valence-electron chi connectivity index (χ2n) is 23.5. The largest absolute Gasteiger partial charge is 0.255 e. The summed E-state index contributed by atoms with van der Waals surface area (Å²) in [5.74, 6) is -2.68. The molecule has 3 atom stereocenters. The van der Waals surface area contributed by atoms with Crippen LogP contribution in [0.5, 0.6) is 0 Å². The van der Waals surface area contributed by atoms with Crippen LogP contribution in [0.3, 0.4) is 0 Å². The van der Waals surface area contributed by atoms with E-state index in [0.29, 0.717) is 40.2 Å². The molecule has 9 heterocycles. The molecular weight excluding hydrogens is 1040 g/mol.